The summed E-state index contributed by atoms with van der Waals surface area (Å²) in [7, 11) is 0. The van der Waals surface area contributed by atoms with Gasteiger partial charge in [0, 0.05) is 38.2 Å². The molecule has 5 heteroatoms. The van der Waals surface area contributed by atoms with Gasteiger partial charge in [0.2, 0.25) is 0 Å². The van der Waals surface area contributed by atoms with Gasteiger partial charge in [-0.1, -0.05) is 127 Å². The molecule has 11 rings (SSSR count). The maximum Gasteiger partial charge on any atom is 0.168 e. The lowest BCUT2D eigenvalue weighted by Gasteiger charge is -2.38. The van der Waals surface area contributed by atoms with Crippen LogP contribution in [0.2, 0.25) is 0 Å². The largest absolute Gasteiger partial charge is 0.456 e. The van der Waals surface area contributed by atoms with Gasteiger partial charge in [0.1, 0.15) is 11.2 Å². The molecule has 0 saturated carbocycles. The second-order valence-electron chi connectivity index (χ2n) is 12.8. The van der Waals surface area contributed by atoms with Gasteiger partial charge in [-0.3, -0.25) is 0 Å². The van der Waals surface area contributed by atoms with E-state index in [1.807, 2.05) is 30.3 Å². The lowest BCUT2D eigenvalue weighted by atomic mass is 9.78. The number of furan rings is 1. The van der Waals surface area contributed by atoms with Crippen LogP contribution in [-0.2, 0) is 5.54 Å². The van der Waals surface area contributed by atoms with Crippen LogP contribution in [0.3, 0.4) is 0 Å². The number of rotatable bonds is 3. The van der Waals surface area contributed by atoms with Crippen molar-refractivity contribution in [3.63, 3.8) is 0 Å². The van der Waals surface area contributed by atoms with Gasteiger partial charge < -0.3 is 8.98 Å². The van der Waals surface area contributed by atoms with Crippen molar-refractivity contribution >= 4 is 54.5 Å². The quantitative estimate of drug-likeness (QED) is 0.196. The molecule has 1 atom stereocenters. The fourth-order valence-electron chi connectivity index (χ4n) is 8.18. The monoisotopic (exact) mass is 626 g/mol. The van der Waals surface area contributed by atoms with E-state index in [9.17, 15) is 0 Å². The molecule has 4 heterocycles. The van der Waals surface area contributed by atoms with Crippen LogP contribution >= 0.6 is 0 Å². The number of hydrogen-bond acceptors (Lipinski definition) is 4. The Hall–Kier alpha value is -6.59. The van der Waals surface area contributed by atoms with Gasteiger partial charge in [-0.25, -0.2) is 15.0 Å². The highest BCUT2D eigenvalue weighted by Crippen LogP contribution is 2.51. The number of nitrogens with zero attached hydrogens (tertiary/aromatic N) is 4. The molecule has 49 heavy (non-hydrogen) atoms. The summed E-state index contributed by atoms with van der Waals surface area (Å²) >= 11 is 0. The van der Waals surface area contributed by atoms with Crippen molar-refractivity contribution in [2.75, 3.05) is 0 Å². The van der Waals surface area contributed by atoms with Gasteiger partial charge >= 0.3 is 0 Å². The minimum atomic E-state index is -1.03. The highest BCUT2D eigenvalue weighted by molar-refractivity contribution is 6.16. The zero-order valence-electron chi connectivity index (χ0n) is 26.2. The van der Waals surface area contributed by atoms with E-state index in [-0.39, 0.29) is 0 Å². The van der Waals surface area contributed by atoms with Crippen LogP contribution in [0.5, 0.6) is 0 Å². The molecule has 0 radical (unpaired) electrons. The number of fused-ring (bicyclic) bond motifs is 7. The van der Waals surface area contributed by atoms with Crippen molar-refractivity contribution in [1.29, 1.82) is 0 Å². The normalized spacial score (nSPS) is 15.4. The molecule has 1 unspecified atom stereocenters. The topological polar surface area (TPSA) is 56.7 Å². The Bertz CT molecular complexity index is 2940. The molecular formula is C44H26N4O. The van der Waals surface area contributed by atoms with Gasteiger partial charge in [-0.15, -0.1) is 0 Å². The van der Waals surface area contributed by atoms with E-state index >= 15 is 0 Å². The Labute approximate surface area is 280 Å². The molecule has 0 N–H and O–H groups in total. The third-order valence-corrected chi connectivity index (χ3v) is 10.2. The van der Waals surface area contributed by atoms with E-state index in [4.69, 9.17) is 19.4 Å². The van der Waals surface area contributed by atoms with E-state index in [0.29, 0.717) is 17.5 Å². The SMILES string of the molecule is c1ccc(-c2nc3nc(n2)C(c2ccccc2)(n2c4ccccc4c4cc5ccccc5cc42)c2cccc4oc5cccc-3c5c24)cc1. The van der Waals surface area contributed by atoms with Crippen LogP contribution in [0.15, 0.2) is 162 Å². The summed E-state index contributed by atoms with van der Waals surface area (Å²) in [6.07, 6.45) is 0. The van der Waals surface area contributed by atoms with Gasteiger partial charge in [0.15, 0.2) is 23.0 Å². The van der Waals surface area contributed by atoms with Gasteiger partial charge in [-0.2, -0.15) is 0 Å². The van der Waals surface area contributed by atoms with Crippen LogP contribution in [0.25, 0.3) is 77.3 Å². The summed E-state index contributed by atoms with van der Waals surface area (Å²) in [5, 5.41) is 6.77. The van der Waals surface area contributed by atoms with Crippen molar-refractivity contribution in [3.8, 4) is 22.8 Å². The van der Waals surface area contributed by atoms with E-state index < -0.39 is 5.54 Å². The van der Waals surface area contributed by atoms with E-state index in [0.717, 1.165) is 55.2 Å². The van der Waals surface area contributed by atoms with Crippen molar-refractivity contribution in [2.45, 2.75) is 5.54 Å². The Morgan fingerprint density at radius 2 is 1.16 bits per heavy atom. The molecule has 0 amide bonds. The van der Waals surface area contributed by atoms with Crippen LogP contribution in [0.1, 0.15) is 17.0 Å². The molecular weight excluding hydrogens is 601 g/mol. The summed E-state index contributed by atoms with van der Waals surface area (Å²) in [5.74, 6) is 1.90. The third-order valence-electron chi connectivity index (χ3n) is 10.2. The first-order chi connectivity index (χ1) is 24.3. The summed E-state index contributed by atoms with van der Waals surface area (Å²) in [5.41, 5.74) is 6.73. The average molecular weight is 627 g/mol. The number of benzene rings is 7. The highest BCUT2D eigenvalue weighted by Gasteiger charge is 2.46. The van der Waals surface area contributed by atoms with Crippen molar-refractivity contribution in [1.82, 2.24) is 19.5 Å². The van der Waals surface area contributed by atoms with Crippen molar-refractivity contribution in [3.05, 3.63) is 175 Å². The maximum atomic E-state index is 6.65. The minimum absolute atomic E-state index is 0.623. The summed E-state index contributed by atoms with van der Waals surface area (Å²) in [4.78, 5) is 16.1. The fourth-order valence-corrected chi connectivity index (χ4v) is 8.18. The Morgan fingerprint density at radius 1 is 0.490 bits per heavy atom. The minimum Gasteiger partial charge on any atom is -0.456 e. The summed E-state index contributed by atoms with van der Waals surface area (Å²) in [6.45, 7) is 0. The highest BCUT2D eigenvalue weighted by atomic mass is 16.3. The molecule has 0 saturated heterocycles. The van der Waals surface area contributed by atoms with Crippen molar-refractivity contribution < 1.29 is 4.42 Å². The molecule has 10 aromatic rings. The third kappa shape index (κ3) is 3.51. The van der Waals surface area contributed by atoms with Crippen LogP contribution in [-0.4, -0.2) is 19.5 Å². The molecule has 0 aliphatic carbocycles. The Kier molecular flexibility index (Phi) is 5.25. The second-order valence-corrected chi connectivity index (χ2v) is 12.8. The van der Waals surface area contributed by atoms with Gasteiger partial charge in [0.05, 0.1) is 11.0 Å². The number of para-hydroxylation sites is 1. The first kappa shape index (κ1) is 26.5. The molecule has 1 aliphatic heterocycles. The lowest BCUT2D eigenvalue weighted by Crippen LogP contribution is -2.40. The second kappa shape index (κ2) is 9.72. The summed E-state index contributed by atoms with van der Waals surface area (Å²) < 4.78 is 9.13. The van der Waals surface area contributed by atoms with Crippen LogP contribution in [0.4, 0.5) is 0 Å². The first-order valence-corrected chi connectivity index (χ1v) is 16.5. The number of hydrogen-bond donors (Lipinski definition) is 0. The smallest absolute Gasteiger partial charge is 0.168 e. The average Bonchev–Trinajstić information content (AvgIpc) is 3.71. The molecule has 0 spiro atoms. The Morgan fingerprint density at radius 3 is 2.00 bits per heavy atom. The van der Waals surface area contributed by atoms with Crippen LogP contribution in [0, 0.1) is 0 Å². The predicted molar refractivity (Wildman–Crippen MR) is 197 cm³/mol. The molecule has 1 aliphatic rings. The zero-order valence-corrected chi connectivity index (χ0v) is 26.2. The van der Waals surface area contributed by atoms with E-state index in [1.165, 1.54) is 21.5 Å². The molecule has 2 bridgehead atoms. The van der Waals surface area contributed by atoms with E-state index in [1.54, 1.807) is 0 Å². The van der Waals surface area contributed by atoms with E-state index in [2.05, 4.69) is 132 Å². The molecule has 5 nitrogen and oxygen atoms in total. The Balaban J connectivity index is 1.45. The first-order valence-electron chi connectivity index (χ1n) is 16.5. The molecule has 3 aromatic heterocycles. The van der Waals surface area contributed by atoms with Gasteiger partial charge in [-0.05, 0) is 46.7 Å². The predicted octanol–water partition coefficient (Wildman–Crippen LogP) is 10.5. The summed E-state index contributed by atoms with van der Waals surface area (Å²) in [6, 6.07) is 55.4. The van der Waals surface area contributed by atoms with Crippen molar-refractivity contribution in [2.24, 2.45) is 0 Å². The fraction of sp³-hybridized carbons (Fsp3) is 0.0227. The molecule has 7 aromatic carbocycles. The molecule has 228 valence electrons. The standard InChI is InChI=1S/C44H26N4O/c1-3-13-27(14-4-1)41-45-42-32-20-11-23-37-39(32)40-34(21-12-24-38(40)49-37)44(43(46-41)47-42,30-17-5-2-6-18-30)48-35-22-10-9-19-31(35)33-25-28-15-7-8-16-29(28)26-36(33)48/h1-26H. The zero-order chi connectivity index (χ0) is 32.1. The van der Waals surface area contributed by atoms with Crippen LogP contribution < -0.4 is 0 Å². The maximum absolute atomic E-state index is 6.65. The van der Waals surface area contributed by atoms with Gasteiger partial charge in [0.25, 0.3) is 0 Å². The lowest BCUT2D eigenvalue weighted by molar-refractivity contribution is 0.516. The molecule has 0 fully saturated rings. The number of aromatic nitrogens is 4.